The normalized spacial score (nSPS) is 26.6. The predicted molar refractivity (Wildman–Crippen MR) is 66.0 cm³/mol. The standard InChI is InChI=1S/C12H22FO2P/c1-5-16(14,6-2)8-15-11-7-9(3)12(13)10(11)4/h9,11H,5-8H2,1-4H3/t9?,11-/m0/s1. The molecule has 0 radical (unpaired) electrons. The third-order valence-electron chi connectivity index (χ3n) is 3.52. The van der Waals surface area contributed by atoms with Gasteiger partial charge in [-0.25, -0.2) is 4.39 Å². The molecule has 0 aromatic carbocycles. The van der Waals surface area contributed by atoms with E-state index in [-0.39, 0.29) is 17.8 Å². The Bertz CT molecular complexity index is 317. The summed E-state index contributed by atoms with van der Waals surface area (Å²) in [5.74, 6) is -0.0968. The maximum atomic E-state index is 13.5. The highest BCUT2D eigenvalue weighted by molar-refractivity contribution is 7.63. The number of allylic oxidation sites excluding steroid dienone is 1. The van der Waals surface area contributed by atoms with Crippen LogP contribution in [0.4, 0.5) is 4.39 Å². The van der Waals surface area contributed by atoms with Crippen LogP contribution in [0.3, 0.4) is 0 Å². The molecule has 0 bridgehead atoms. The molecule has 16 heavy (non-hydrogen) atoms. The minimum atomic E-state index is -2.17. The highest BCUT2D eigenvalue weighted by Gasteiger charge is 2.31. The van der Waals surface area contributed by atoms with Gasteiger partial charge in [0.05, 0.1) is 6.10 Å². The molecule has 1 rings (SSSR count). The summed E-state index contributed by atoms with van der Waals surface area (Å²) in [7, 11) is -2.17. The van der Waals surface area contributed by atoms with Crippen LogP contribution in [-0.2, 0) is 9.30 Å². The Morgan fingerprint density at radius 2 is 2.00 bits per heavy atom. The molecule has 0 aromatic rings. The summed E-state index contributed by atoms with van der Waals surface area (Å²) in [5.41, 5.74) is 0.686. The Kier molecular flexibility index (Phi) is 4.75. The van der Waals surface area contributed by atoms with Gasteiger partial charge in [0, 0.05) is 18.2 Å². The third kappa shape index (κ3) is 2.95. The highest BCUT2D eigenvalue weighted by Crippen LogP contribution is 2.46. The number of hydrogen-bond acceptors (Lipinski definition) is 2. The number of ether oxygens (including phenoxy) is 1. The monoisotopic (exact) mass is 248 g/mol. The van der Waals surface area contributed by atoms with Crippen LogP contribution in [-0.4, -0.2) is 24.8 Å². The fraction of sp³-hybridized carbons (Fsp3) is 0.833. The summed E-state index contributed by atoms with van der Waals surface area (Å²) >= 11 is 0. The lowest BCUT2D eigenvalue weighted by Crippen LogP contribution is -2.14. The van der Waals surface area contributed by atoms with E-state index in [0.29, 0.717) is 30.7 Å². The lowest BCUT2D eigenvalue weighted by Gasteiger charge is -2.19. The van der Waals surface area contributed by atoms with E-state index < -0.39 is 7.14 Å². The molecule has 1 aliphatic rings. The maximum Gasteiger partial charge on any atom is 0.112 e. The number of rotatable bonds is 5. The zero-order valence-electron chi connectivity index (χ0n) is 10.6. The van der Waals surface area contributed by atoms with Crippen LogP contribution < -0.4 is 0 Å². The van der Waals surface area contributed by atoms with Gasteiger partial charge in [0.2, 0.25) is 0 Å². The number of hydrogen-bond donors (Lipinski definition) is 0. The smallest absolute Gasteiger partial charge is 0.112 e. The molecule has 1 unspecified atom stereocenters. The maximum absolute atomic E-state index is 13.5. The van der Waals surface area contributed by atoms with Gasteiger partial charge in [-0.15, -0.1) is 0 Å². The Hall–Kier alpha value is -0.140. The van der Waals surface area contributed by atoms with E-state index in [1.165, 1.54) is 0 Å². The minimum Gasteiger partial charge on any atom is -0.366 e. The third-order valence-corrected chi connectivity index (χ3v) is 6.45. The van der Waals surface area contributed by atoms with Crippen molar-refractivity contribution in [3.8, 4) is 0 Å². The van der Waals surface area contributed by atoms with Crippen molar-refractivity contribution < 1.29 is 13.7 Å². The van der Waals surface area contributed by atoms with Crippen LogP contribution in [0.25, 0.3) is 0 Å². The fourth-order valence-electron chi connectivity index (χ4n) is 1.97. The second-order valence-electron chi connectivity index (χ2n) is 4.64. The van der Waals surface area contributed by atoms with E-state index in [9.17, 15) is 8.96 Å². The van der Waals surface area contributed by atoms with E-state index in [1.807, 2.05) is 20.8 Å². The zero-order valence-corrected chi connectivity index (χ0v) is 11.5. The molecule has 0 amide bonds. The molecule has 4 heteroatoms. The van der Waals surface area contributed by atoms with E-state index in [0.717, 1.165) is 0 Å². The molecular weight excluding hydrogens is 226 g/mol. The molecule has 2 atom stereocenters. The molecular formula is C12H22FO2P. The quantitative estimate of drug-likeness (QED) is 0.687. The van der Waals surface area contributed by atoms with Crippen LogP contribution in [0.1, 0.15) is 34.1 Å². The van der Waals surface area contributed by atoms with E-state index in [1.54, 1.807) is 6.92 Å². The van der Waals surface area contributed by atoms with Crippen molar-refractivity contribution in [2.45, 2.75) is 40.2 Å². The first kappa shape index (κ1) is 13.9. The summed E-state index contributed by atoms with van der Waals surface area (Å²) in [6.07, 6.45) is 2.14. The molecule has 0 saturated heterocycles. The van der Waals surface area contributed by atoms with E-state index >= 15 is 0 Å². The predicted octanol–water partition coefficient (Wildman–Crippen LogP) is 4.02. The van der Waals surface area contributed by atoms with Gasteiger partial charge in [-0.05, 0) is 18.9 Å². The molecule has 0 aromatic heterocycles. The van der Waals surface area contributed by atoms with Crippen molar-refractivity contribution in [2.24, 2.45) is 5.92 Å². The Morgan fingerprint density at radius 3 is 2.38 bits per heavy atom. The van der Waals surface area contributed by atoms with Gasteiger partial charge in [-0.3, -0.25) is 0 Å². The van der Waals surface area contributed by atoms with Gasteiger partial charge in [0.1, 0.15) is 19.3 Å². The molecule has 2 nitrogen and oxygen atoms in total. The molecule has 0 aliphatic heterocycles. The van der Waals surface area contributed by atoms with Gasteiger partial charge >= 0.3 is 0 Å². The summed E-state index contributed by atoms with van der Waals surface area (Å²) in [4.78, 5) is 0. The second kappa shape index (κ2) is 5.46. The van der Waals surface area contributed by atoms with Crippen molar-refractivity contribution in [1.82, 2.24) is 0 Å². The largest absolute Gasteiger partial charge is 0.366 e. The van der Waals surface area contributed by atoms with Crippen molar-refractivity contribution in [3.63, 3.8) is 0 Å². The first-order valence-corrected chi connectivity index (χ1v) is 8.24. The molecule has 0 heterocycles. The van der Waals surface area contributed by atoms with Gasteiger partial charge in [0.15, 0.2) is 0 Å². The summed E-state index contributed by atoms with van der Waals surface area (Å²) in [5, 5.41) is 0. The zero-order chi connectivity index (χ0) is 12.3. The van der Waals surface area contributed by atoms with E-state index in [2.05, 4.69) is 0 Å². The fourth-order valence-corrected chi connectivity index (χ4v) is 3.23. The minimum absolute atomic E-state index is 0.0483. The molecule has 1 aliphatic carbocycles. The van der Waals surface area contributed by atoms with Gasteiger partial charge in [-0.1, -0.05) is 20.8 Å². The topological polar surface area (TPSA) is 26.3 Å². The Morgan fingerprint density at radius 1 is 1.44 bits per heavy atom. The SMILES string of the molecule is CCP(=O)(CC)CO[C@H]1CC(C)C(F)=C1C. The van der Waals surface area contributed by atoms with Crippen molar-refractivity contribution in [3.05, 3.63) is 11.4 Å². The Balaban J connectivity index is 2.56. The highest BCUT2D eigenvalue weighted by atomic mass is 31.2. The van der Waals surface area contributed by atoms with Gasteiger partial charge < -0.3 is 9.30 Å². The first-order valence-electron chi connectivity index (χ1n) is 5.98. The summed E-state index contributed by atoms with van der Waals surface area (Å²) in [6, 6.07) is 0. The summed E-state index contributed by atoms with van der Waals surface area (Å²) in [6.45, 7) is 7.48. The lowest BCUT2D eigenvalue weighted by atomic mass is 10.1. The van der Waals surface area contributed by atoms with E-state index in [4.69, 9.17) is 4.74 Å². The molecule has 0 fully saturated rings. The first-order chi connectivity index (χ1) is 7.43. The van der Waals surface area contributed by atoms with Crippen LogP contribution in [0.5, 0.6) is 0 Å². The number of halogens is 1. The molecule has 94 valence electrons. The summed E-state index contributed by atoms with van der Waals surface area (Å²) < 4.78 is 31.3. The lowest BCUT2D eigenvalue weighted by molar-refractivity contribution is 0.107. The average molecular weight is 248 g/mol. The Labute approximate surface area is 97.6 Å². The van der Waals surface area contributed by atoms with Crippen LogP contribution in [0.15, 0.2) is 11.4 Å². The molecule has 0 N–H and O–H groups in total. The average Bonchev–Trinajstić information content (AvgIpc) is 2.54. The van der Waals surface area contributed by atoms with Crippen LogP contribution >= 0.6 is 7.14 Å². The van der Waals surface area contributed by atoms with Crippen molar-refractivity contribution in [1.29, 1.82) is 0 Å². The molecule has 0 spiro atoms. The second-order valence-corrected chi connectivity index (χ2v) is 8.28. The van der Waals surface area contributed by atoms with Crippen LogP contribution in [0, 0.1) is 5.92 Å². The van der Waals surface area contributed by atoms with Gasteiger partial charge in [0.25, 0.3) is 0 Å². The van der Waals surface area contributed by atoms with Gasteiger partial charge in [-0.2, -0.15) is 0 Å². The molecule has 0 saturated carbocycles. The van der Waals surface area contributed by atoms with Crippen molar-refractivity contribution >= 4 is 7.14 Å². The van der Waals surface area contributed by atoms with Crippen molar-refractivity contribution in [2.75, 3.05) is 18.7 Å². The van der Waals surface area contributed by atoms with Crippen LogP contribution in [0.2, 0.25) is 0 Å².